The number of amides is 1. The molecule has 3 rings (SSSR count). The fourth-order valence-corrected chi connectivity index (χ4v) is 6.41. The van der Waals surface area contributed by atoms with Crippen LogP contribution in [0.3, 0.4) is 0 Å². The van der Waals surface area contributed by atoms with Crippen LogP contribution in [-0.4, -0.2) is 29.9 Å². The zero-order valence-electron chi connectivity index (χ0n) is 24.9. The summed E-state index contributed by atoms with van der Waals surface area (Å²) in [5.74, 6) is 1.38. The molecule has 1 fully saturated rings. The van der Waals surface area contributed by atoms with Gasteiger partial charge in [0.05, 0.1) is 0 Å². The van der Waals surface area contributed by atoms with E-state index in [2.05, 4.69) is 74.2 Å². The topological polar surface area (TPSA) is 67.4 Å². The predicted octanol–water partition coefficient (Wildman–Crippen LogP) is 6.31. The van der Waals surface area contributed by atoms with Crippen LogP contribution in [0.1, 0.15) is 71.9 Å². The molecule has 5 nitrogen and oxygen atoms in total. The normalized spacial score (nSPS) is 21.1. The molecule has 1 amide bonds. The van der Waals surface area contributed by atoms with E-state index in [0.717, 1.165) is 32.1 Å². The van der Waals surface area contributed by atoms with Gasteiger partial charge in [0.1, 0.15) is 11.6 Å². The summed E-state index contributed by atoms with van der Waals surface area (Å²) in [7, 11) is 0. The van der Waals surface area contributed by atoms with E-state index in [0.29, 0.717) is 29.8 Å². The number of nitrogens with one attached hydrogen (secondary N) is 2. The number of ketones is 1. The Labute approximate surface area is 235 Å². The highest BCUT2D eigenvalue weighted by Crippen LogP contribution is 2.61. The Morgan fingerprint density at radius 3 is 2.31 bits per heavy atom. The molecule has 5 heteroatoms. The van der Waals surface area contributed by atoms with Gasteiger partial charge in [0.15, 0.2) is 11.7 Å². The SMILES string of the molecule is C=C=C(C(C)=O)C(CCC=C)CC1C(CNC(=O)C(NC(=C)OC(C)(C)C)C2Cc3ccccc3C2)C1(C)C. The maximum Gasteiger partial charge on any atom is 0.242 e. The van der Waals surface area contributed by atoms with E-state index in [9.17, 15) is 9.59 Å². The molecule has 4 unspecified atom stereocenters. The predicted molar refractivity (Wildman–Crippen MR) is 159 cm³/mol. The van der Waals surface area contributed by atoms with Crippen LogP contribution >= 0.6 is 0 Å². The lowest BCUT2D eigenvalue weighted by atomic mass is 9.86. The quantitative estimate of drug-likeness (QED) is 0.128. The van der Waals surface area contributed by atoms with Crippen molar-refractivity contribution in [1.82, 2.24) is 10.6 Å². The molecule has 2 aliphatic carbocycles. The molecular weight excluding hydrogens is 484 g/mol. The largest absolute Gasteiger partial charge is 0.474 e. The summed E-state index contributed by atoms with van der Waals surface area (Å²) in [4.78, 5) is 25.9. The number of hydrogen-bond acceptors (Lipinski definition) is 4. The average Bonchev–Trinajstić information content (AvgIpc) is 3.14. The van der Waals surface area contributed by atoms with Gasteiger partial charge in [-0.15, -0.1) is 12.3 Å². The number of allylic oxidation sites excluding steroid dienone is 2. The number of carbonyl (C=O) groups excluding carboxylic acids is 2. The van der Waals surface area contributed by atoms with Gasteiger partial charge in [0, 0.05) is 12.1 Å². The molecule has 2 aliphatic rings. The summed E-state index contributed by atoms with van der Waals surface area (Å²) >= 11 is 0. The molecule has 0 saturated heterocycles. The van der Waals surface area contributed by atoms with E-state index in [1.165, 1.54) is 11.1 Å². The van der Waals surface area contributed by atoms with Gasteiger partial charge in [-0.05, 0) is 107 Å². The minimum atomic E-state index is -0.444. The molecule has 212 valence electrons. The average molecular weight is 533 g/mol. The second kappa shape index (κ2) is 12.4. The molecule has 0 spiro atoms. The van der Waals surface area contributed by atoms with Crippen molar-refractivity contribution >= 4 is 11.7 Å². The van der Waals surface area contributed by atoms with Crippen molar-refractivity contribution in [3.8, 4) is 0 Å². The number of ether oxygens (including phenoxy) is 1. The van der Waals surface area contributed by atoms with E-state index in [4.69, 9.17) is 4.74 Å². The highest BCUT2D eigenvalue weighted by atomic mass is 16.5. The lowest BCUT2D eigenvalue weighted by molar-refractivity contribution is -0.124. The number of carbonyl (C=O) groups is 2. The first-order chi connectivity index (χ1) is 18.3. The minimum Gasteiger partial charge on any atom is -0.474 e. The van der Waals surface area contributed by atoms with Gasteiger partial charge in [0.25, 0.3) is 0 Å². The van der Waals surface area contributed by atoms with Crippen molar-refractivity contribution in [3.05, 3.63) is 78.4 Å². The Morgan fingerprint density at radius 2 is 1.79 bits per heavy atom. The second-order valence-electron chi connectivity index (χ2n) is 12.9. The smallest absolute Gasteiger partial charge is 0.242 e. The highest BCUT2D eigenvalue weighted by molar-refractivity contribution is 5.93. The van der Waals surface area contributed by atoms with E-state index < -0.39 is 11.6 Å². The van der Waals surface area contributed by atoms with Crippen LogP contribution in [0.2, 0.25) is 0 Å². The third-order valence-electron chi connectivity index (χ3n) is 8.60. The van der Waals surface area contributed by atoms with Crippen LogP contribution in [0.4, 0.5) is 0 Å². The Kier molecular flexibility index (Phi) is 9.72. The number of fused-ring (bicyclic) bond motifs is 1. The van der Waals surface area contributed by atoms with Gasteiger partial charge in [-0.2, -0.15) is 0 Å². The van der Waals surface area contributed by atoms with Crippen LogP contribution in [0, 0.1) is 29.1 Å². The zero-order valence-corrected chi connectivity index (χ0v) is 24.9. The molecule has 0 aromatic heterocycles. The summed E-state index contributed by atoms with van der Waals surface area (Å²) in [5, 5.41) is 6.59. The first-order valence-corrected chi connectivity index (χ1v) is 14.3. The highest BCUT2D eigenvalue weighted by Gasteiger charge is 2.57. The van der Waals surface area contributed by atoms with Crippen LogP contribution in [-0.2, 0) is 27.2 Å². The van der Waals surface area contributed by atoms with Crippen LogP contribution in [0.25, 0.3) is 0 Å². The van der Waals surface area contributed by atoms with Gasteiger partial charge in [0.2, 0.25) is 5.91 Å². The molecule has 0 heterocycles. The summed E-state index contributed by atoms with van der Waals surface area (Å²) in [6.45, 7) is 24.3. The molecular formula is C34H48N2O3. The molecule has 0 bridgehead atoms. The molecule has 1 aromatic rings. The summed E-state index contributed by atoms with van der Waals surface area (Å²) < 4.78 is 5.94. The van der Waals surface area contributed by atoms with Gasteiger partial charge < -0.3 is 15.4 Å². The van der Waals surface area contributed by atoms with Gasteiger partial charge in [-0.1, -0.05) is 50.8 Å². The van der Waals surface area contributed by atoms with Gasteiger partial charge in [-0.25, -0.2) is 0 Å². The Morgan fingerprint density at radius 1 is 1.18 bits per heavy atom. The van der Waals surface area contributed by atoms with Gasteiger partial charge >= 0.3 is 0 Å². The lowest BCUT2D eigenvalue weighted by Crippen LogP contribution is -2.50. The summed E-state index contributed by atoms with van der Waals surface area (Å²) in [6, 6.07) is 7.97. The molecule has 0 aliphatic heterocycles. The van der Waals surface area contributed by atoms with Crippen molar-refractivity contribution < 1.29 is 14.3 Å². The molecule has 39 heavy (non-hydrogen) atoms. The number of Topliss-reactive ketones (excluding diaryl/α,β-unsaturated/α-hetero) is 1. The van der Waals surface area contributed by atoms with Crippen molar-refractivity contribution in [1.29, 1.82) is 0 Å². The van der Waals surface area contributed by atoms with E-state index >= 15 is 0 Å². The van der Waals surface area contributed by atoms with E-state index in [1.54, 1.807) is 6.92 Å². The number of hydrogen-bond donors (Lipinski definition) is 2. The fraction of sp³-hybridized carbons (Fsp3) is 0.559. The van der Waals surface area contributed by atoms with E-state index in [1.807, 2.05) is 26.8 Å². The van der Waals surface area contributed by atoms with Crippen molar-refractivity contribution in [2.24, 2.45) is 29.1 Å². The minimum absolute atomic E-state index is 0.0217. The Bertz CT molecular complexity index is 1110. The third kappa shape index (κ3) is 7.76. The maximum atomic E-state index is 13.7. The number of benzene rings is 1. The van der Waals surface area contributed by atoms with Crippen molar-refractivity contribution in [2.45, 2.75) is 85.3 Å². The standard InChI is InChI=1S/C34H48N2O3/c1-10-12-15-26(28(11-2)22(3)37)20-29-30(34(29,8)9)21-35-32(38)31(36-23(4)39-33(5,6)7)27-18-24-16-13-14-17-25(24)19-27/h10,13-14,16-17,26-27,29-31,36H,1-2,4,12,15,18-21H2,3,5-9H3,(H,35,38). The molecule has 1 aromatic carbocycles. The van der Waals surface area contributed by atoms with Crippen LogP contribution in [0.5, 0.6) is 0 Å². The van der Waals surface area contributed by atoms with Crippen LogP contribution in [0.15, 0.2) is 67.3 Å². The first kappa shape index (κ1) is 30.5. The third-order valence-corrected chi connectivity index (χ3v) is 8.60. The summed E-state index contributed by atoms with van der Waals surface area (Å²) in [6.07, 6.45) is 6.17. The molecule has 2 N–H and O–H groups in total. The maximum absolute atomic E-state index is 13.7. The monoisotopic (exact) mass is 532 g/mol. The lowest BCUT2D eigenvalue weighted by Gasteiger charge is -2.29. The second-order valence-corrected chi connectivity index (χ2v) is 12.9. The van der Waals surface area contributed by atoms with Gasteiger partial charge in [-0.3, -0.25) is 9.59 Å². The van der Waals surface area contributed by atoms with E-state index in [-0.39, 0.29) is 28.9 Å². The molecule has 0 radical (unpaired) electrons. The summed E-state index contributed by atoms with van der Waals surface area (Å²) in [5.41, 5.74) is 5.87. The molecule has 4 atom stereocenters. The Balaban J connectivity index is 1.69. The fourth-order valence-electron chi connectivity index (χ4n) is 6.41. The van der Waals surface area contributed by atoms with Crippen molar-refractivity contribution in [3.63, 3.8) is 0 Å². The first-order valence-electron chi connectivity index (χ1n) is 14.3. The number of rotatable bonds is 14. The van der Waals surface area contributed by atoms with Crippen LogP contribution < -0.4 is 10.6 Å². The molecule has 1 saturated carbocycles. The zero-order chi connectivity index (χ0) is 29.0. The Hall–Kier alpha value is -3.04. The van der Waals surface area contributed by atoms with Crippen molar-refractivity contribution in [2.75, 3.05) is 6.54 Å².